The summed E-state index contributed by atoms with van der Waals surface area (Å²) in [5.74, 6) is 1.93. The molecule has 21 heavy (non-hydrogen) atoms. The Morgan fingerprint density at radius 1 is 1.00 bits per heavy atom. The summed E-state index contributed by atoms with van der Waals surface area (Å²) in [5.41, 5.74) is 0.579. The van der Waals surface area contributed by atoms with Crippen LogP contribution in [0.4, 0.5) is 0 Å². The molecule has 0 saturated heterocycles. The van der Waals surface area contributed by atoms with E-state index in [1.54, 1.807) is 33.5 Å². The van der Waals surface area contributed by atoms with Crippen LogP contribution in [0.15, 0.2) is 36.4 Å². The third-order valence-electron chi connectivity index (χ3n) is 3.52. The van der Waals surface area contributed by atoms with Gasteiger partial charge in [-0.3, -0.25) is 4.79 Å². The zero-order valence-electron chi connectivity index (χ0n) is 12.6. The van der Waals surface area contributed by atoms with E-state index in [4.69, 9.17) is 14.2 Å². The Kier molecular flexibility index (Phi) is 5.04. The normalized spacial score (nSPS) is 13.5. The topological polar surface area (TPSA) is 44.8 Å². The molecule has 0 spiro atoms. The summed E-state index contributed by atoms with van der Waals surface area (Å²) in [6, 6.07) is 3.40. The number of Topliss-reactive ketones (excluding diaryl/α,β-unsaturated/α-hetero) is 1. The van der Waals surface area contributed by atoms with Crippen LogP contribution in [0.5, 0.6) is 17.2 Å². The van der Waals surface area contributed by atoms with Crippen molar-refractivity contribution < 1.29 is 19.0 Å². The Morgan fingerprint density at radius 2 is 1.57 bits per heavy atom. The number of ether oxygens (including phenoxy) is 3. The van der Waals surface area contributed by atoms with Gasteiger partial charge in [-0.2, -0.15) is 0 Å². The molecular weight excluding hydrogens is 268 g/mol. The highest BCUT2D eigenvalue weighted by atomic mass is 16.5. The Hall–Kier alpha value is -2.23. The Balaban J connectivity index is 2.16. The second kappa shape index (κ2) is 6.97. The third kappa shape index (κ3) is 3.45. The van der Waals surface area contributed by atoms with Crippen molar-refractivity contribution in [2.45, 2.75) is 12.8 Å². The van der Waals surface area contributed by atoms with Gasteiger partial charge in [0.2, 0.25) is 5.75 Å². The van der Waals surface area contributed by atoms with Gasteiger partial charge >= 0.3 is 0 Å². The molecule has 0 amide bonds. The summed E-state index contributed by atoms with van der Waals surface area (Å²) in [5, 5.41) is 0. The predicted octanol–water partition coefficient (Wildman–Crippen LogP) is 3.42. The molecule has 1 aromatic rings. The maximum Gasteiger partial charge on any atom is 0.203 e. The van der Waals surface area contributed by atoms with Crippen molar-refractivity contribution in [2.24, 2.45) is 5.92 Å². The van der Waals surface area contributed by atoms with E-state index in [-0.39, 0.29) is 5.78 Å². The molecule has 0 fully saturated rings. The van der Waals surface area contributed by atoms with Gasteiger partial charge in [0.15, 0.2) is 17.3 Å². The molecule has 0 aliphatic heterocycles. The highest BCUT2D eigenvalue weighted by Gasteiger charge is 2.17. The van der Waals surface area contributed by atoms with Crippen LogP contribution < -0.4 is 14.2 Å². The molecule has 0 N–H and O–H groups in total. The number of hydrogen-bond acceptors (Lipinski definition) is 4. The average Bonchev–Trinajstić information content (AvgIpc) is 3.04. The molecule has 4 heteroatoms. The van der Waals surface area contributed by atoms with Gasteiger partial charge in [-0.25, -0.2) is 0 Å². The van der Waals surface area contributed by atoms with E-state index < -0.39 is 0 Å². The fraction of sp³-hybridized carbons (Fsp3) is 0.353. The zero-order valence-corrected chi connectivity index (χ0v) is 12.6. The van der Waals surface area contributed by atoms with Crippen molar-refractivity contribution in [3.8, 4) is 17.2 Å². The lowest BCUT2D eigenvalue weighted by molar-refractivity contribution is 0.0977. The van der Waals surface area contributed by atoms with Crippen molar-refractivity contribution in [2.75, 3.05) is 21.3 Å². The molecular formula is C17H20O4. The molecule has 0 atom stereocenters. The van der Waals surface area contributed by atoms with Crippen molar-refractivity contribution >= 4 is 5.78 Å². The lowest BCUT2D eigenvalue weighted by Gasteiger charge is -2.14. The Labute approximate surface area is 125 Å². The lowest BCUT2D eigenvalue weighted by atomic mass is 9.99. The summed E-state index contributed by atoms with van der Waals surface area (Å²) in [6.45, 7) is 0. The maximum absolute atomic E-state index is 12.3. The van der Waals surface area contributed by atoms with Crippen LogP contribution in [0, 0.1) is 5.92 Å². The largest absolute Gasteiger partial charge is 0.493 e. The van der Waals surface area contributed by atoms with Crippen LogP contribution in [0.2, 0.25) is 0 Å². The van der Waals surface area contributed by atoms with Crippen LogP contribution >= 0.6 is 0 Å². The van der Waals surface area contributed by atoms with E-state index >= 15 is 0 Å². The quantitative estimate of drug-likeness (QED) is 0.721. The number of methoxy groups -OCH3 is 3. The monoisotopic (exact) mass is 288 g/mol. The minimum absolute atomic E-state index is 0.0722. The van der Waals surface area contributed by atoms with Crippen LogP contribution in [0.25, 0.3) is 0 Å². The van der Waals surface area contributed by atoms with E-state index in [1.807, 2.05) is 12.2 Å². The molecule has 0 unspecified atom stereocenters. The number of ketones is 1. The average molecular weight is 288 g/mol. The number of hydrogen-bond donors (Lipinski definition) is 0. The van der Waals surface area contributed by atoms with E-state index in [0.717, 1.165) is 6.42 Å². The molecule has 4 nitrogen and oxygen atoms in total. The van der Waals surface area contributed by atoms with Crippen molar-refractivity contribution in [1.82, 2.24) is 0 Å². The van der Waals surface area contributed by atoms with Gasteiger partial charge in [0.1, 0.15) is 0 Å². The van der Waals surface area contributed by atoms with Gasteiger partial charge in [0.05, 0.1) is 21.3 Å². The number of allylic oxidation sites excluding steroid dienone is 4. The van der Waals surface area contributed by atoms with E-state index in [0.29, 0.717) is 35.2 Å². The standard InChI is InChI=1S/C17H20O4/c1-19-15-10-13(11-16(20-2)17(15)21-3)14(18)9-8-12-6-4-5-7-12/h4-7,10-12H,8-9H2,1-3H3. The molecule has 1 aliphatic carbocycles. The van der Waals surface area contributed by atoms with E-state index in [9.17, 15) is 4.79 Å². The predicted molar refractivity (Wildman–Crippen MR) is 81.4 cm³/mol. The SMILES string of the molecule is COc1cc(C(=O)CCC2C=CC=C2)cc(OC)c1OC. The van der Waals surface area contributed by atoms with Crippen LogP contribution in [-0.2, 0) is 0 Å². The summed E-state index contributed by atoms with van der Waals surface area (Å²) in [4.78, 5) is 12.3. The smallest absolute Gasteiger partial charge is 0.203 e. The fourth-order valence-corrected chi connectivity index (χ4v) is 2.35. The molecule has 0 bridgehead atoms. The summed E-state index contributed by atoms with van der Waals surface area (Å²) >= 11 is 0. The molecule has 0 heterocycles. The summed E-state index contributed by atoms with van der Waals surface area (Å²) in [7, 11) is 4.62. The number of carbonyl (C=O) groups is 1. The maximum atomic E-state index is 12.3. The van der Waals surface area contributed by atoms with Gasteiger partial charge in [0, 0.05) is 12.0 Å². The van der Waals surface area contributed by atoms with Gasteiger partial charge in [-0.05, 0) is 24.5 Å². The second-order valence-electron chi connectivity index (χ2n) is 4.81. The first-order valence-electron chi connectivity index (χ1n) is 6.87. The van der Waals surface area contributed by atoms with Crippen LogP contribution in [0.1, 0.15) is 23.2 Å². The Bertz CT molecular complexity index is 535. The summed E-state index contributed by atoms with van der Waals surface area (Å²) < 4.78 is 15.8. The first-order chi connectivity index (χ1) is 10.2. The third-order valence-corrected chi connectivity index (χ3v) is 3.52. The second-order valence-corrected chi connectivity index (χ2v) is 4.81. The van der Waals surface area contributed by atoms with E-state index in [1.165, 1.54) is 0 Å². The van der Waals surface area contributed by atoms with Gasteiger partial charge in [-0.1, -0.05) is 24.3 Å². The zero-order chi connectivity index (χ0) is 15.2. The molecule has 0 radical (unpaired) electrons. The van der Waals surface area contributed by atoms with Crippen molar-refractivity contribution in [3.05, 3.63) is 42.0 Å². The highest BCUT2D eigenvalue weighted by Crippen LogP contribution is 2.38. The van der Waals surface area contributed by atoms with Crippen molar-refractivity contribution in [1.29, 1.82) is 0 Å². The van der Waals surface area contributed by atoms with Gasteiger partial charge in [0.25, 0.3) is 0 Å². The minimum atomic E-state index is 0.0722. The molecule has 1 aliphatic rings. The van der Waals surface area contributed by atoms with Crippen LogP contribution in [0.3, 0.4) is 0 Å². The minimum Gasteiger partial charge on any atom is -0.493 e. The first kappa shape index (κ1) is 15.2. The molecule has 2 rings (SSSR count). The Morgan fingerprint density at radius 3 is 2.05 bits per heavy atom. The molecule has 112 valence electrons. The van der Waals surface area contributed by atoms with Crippen LogP contribution in [-0.4, -0.2) is 27.1 Å². The summed E-state index contributed by atoms with van der Waals surface area (Å²) in [6.07, 6.45) is 9.51. The molecule has 0 saturated carbocycles. The number of rotatable bonds is 7. The van der Waals surface area contributed by atoms with E-state index in [2.05, 4.69) is 12.2 Å². The highest BCUT2D eigenvalue weighted by molar-refractivity contribution is 5.97. The van der Waals surface area contributed by atoms with Gasteiger partial charge in [-0.15, -0.1) is 0 Å². The number of carbonyl (C=O) groups excluding carboxylic acids is 1. The fourth-order valence-electron chi connectivity index (χ4n) is 2.35. The van der Waals surface area contributed by atoms with Crippen molar-refractivity contribution in [3.63, 3.8) is 0 Å². The lowest BCUT2D eigenvalue weighted by Crippen LogP contribution is -2.04. The van der Waals surface area contributed by atoms with Gasteiger partial charge < -0.3 is 14.2 Å². The number of benzene rings is 1. The molecule has 0 aromatic heterocycles. The molecule has 1 aromatic carbocycles. The first-order valence-corrected chi connectivity index (χ1v) is 6.87.